The molecule has 3 radical (unpaired) electrons. The van der Waals surface area contributed by atoms with Crippen molar-refractivity contribution in [2.75, 3.05) is 6.61 Å². The van der Waals surface area contributed by atoms with Crippen LogP contribution in [0, 0.1) is 0 Å². The maximum absolute atomic E-state index is 4.46. The monoisotopic (exact) mass is 337 g/mol. The van der Waals surface area contributed by atoms with Crippen LogP contribution in [0.2, 0.25) is 0 Å². The molecule has 0 amide bonds. The van der Waals surface area contributed by atoms with Crippen molar-refractivity contribution < 1.29 is 103 Å². The summed E-state index contributed by atoms with van der Waals surface area (Å²) in [5.41, 5.74) is 3.40. The molecule has 1 rings (SSSR count). The second-order valence-corrected chi connectivity index (χ2v) is 0.786. The molecule has 0 unspecified atom stereocenters. The predicted molar refractivity (Wildman–Crippen MR) is 18.5 cm³/mol. The minimum absolute atomic E-state index is 0. The van der Waals surface area contributed by atoms with Gasteiger partial charge in [-0.25, -0.2) is 0 Å². The summed E-state index contributed by atoms with van der Waals surface area (Å²) in [6.45, 7) is 0.653. The molecule has 2 nitrogen and oxygen atoms in total. The van der Waals surface area contributed by atoms with E-state index in [2.05, 4.69) is 10.3 Å². The largest absolute Gasteiger partial charge is 0.568 e. The Morgan fingerprint density at radius 2 is 1.88 bits per heavy atom. The molecule has 1 aliphatic rings. The van der Waals surface area contributed by atoms with Crippen molar-refractivity contribution in [3.05, 3.63) is 17.8 Å². The zero-order chi connectivity index (χ0) is 3.54. The van der Waals surface area contributed by atoms with Gasteiger partial charge in [0, 0.05) is 105 Å². The zero-order valence-electron chi connectivity index (χ0n) is 4.45. The molecule has 8 heavy (non-hydrogen) atoms. The molecule has 0 atom stereocenters. The van der Waals surface area contributed by atoms with Gasteiger partial charge in [0.1, 0.15) is 0 Å². The Morgan fingerprint density at radius 3 is 2.00 bits per heavy atom. The second kappa shape index (κ2) is 12.5. The van der Waals surface area contributed by atoms with Crippen LogP contribution in [-0.2, 0) is 103 Å². The van der Waals surface area contributed by atoms with Crippen LogP contribution in [0.3, 0.4) is 0 Å². The van der Waals surface area contributed by atoms with E-state index in [-0.39, 0.29) is 98.1 Å². The van der Waals surface area contributed by atoms with Gasteiger partial charge >= 0.3 is 0 Å². The molecule has 0 aliphatic carbocycles. The SMILES string of the molecule is C1=C[N-]OC1.[Y].[Y].[Y]. The van der Waals surface area contributed by atoms with Crippen molar-refractivity contribution >= 4 is 0 Å². The third-order valence-corrected chi connectivity index (χ3v) is 0.412. The summed E-state index contributed by atoms with van der Waals surface area (Å²) in [7, 11) is 0. The Labute approximate surface area is 125 Å². The number of nitrogens with zero attached hydrogens (tertiary/aromatic N) is 1. The number of hydrogen-bond donors (Lipinski definition) is 0. The normalized spacial score (nSPS) is 12.0. The van der Waals surface area contributed by atoms with Gasteiger partial charge in [0.2, 0.25) is 0 Å². The molecule has 37 valence electrons. The first-order valence-corrected chi connectivity index (χ1v) is 1.47. The quantitative estimate of drug-likeness (QED) is 0.642. The molecule has 0 aromatic heterocycles. The van der Waals surface area contributed by atoms with E-state index < -0.39 is 0 Å². The molecule has 0 bridgehead atoms. The van der Waals surface area contributed by atoms with Crippen molar-refractivity contribution in [2.24, 2.45) is 0 Å². The Kier molecular flexibility index (Phi) is 26.6. The van der Waals surface area contributed by atoms with Gasteiger partial charge in [-0.1, -0.05) is 6.08 Å². The van der Waals surface area contributed by atoms with Crippen LogP contribution in [0.1, 0.15) is 0 Å². The smallest absolute Gasteiger partial charge is 0.0466 e. The maximum Gasteiger partial charge on any atom is 0.0466 e. The van der Waals surface area contributed by atoms with Crippen LogP contribution in [0.4, 0.5) is 0 Å². The fourth-order valence-corrected chi connectivity index (χ4v) is 0.215. The summed E-state index contributed by atoms with van der Waals surface area (Å²) in [6.07, 6.45) is 3.49. The number of hydroxylamine groups is 1. The van der Waals surface area contributed by atoms with E-state index in [1.807, 2.05) is 6.08 Å². The van der Waals surface area contributed by atoms with Gasteiger partial charge in [-0.15, -0.1) is 0 Å². The maximum atomic E-state index is 4.46. The van der Waals surface area contributed by atoms with Crippen molar-refractivity contribution in [3.63, 3.8) is 0 Å². The van der Waals surface area contributed by atoms with Gasteiger partial charge in [0.25, 0.3) is 0 Å². The van der Waals surface area contributed by atoms with Gasteiger partial charge in [-0.3, -0.25) is 0 Å². The number of rotatable bonds is 0. The van der Waals surface area contributed by atoms with Crippen molar-refractivity contribution in [3.8, 4) is 0 Å². The van der Waals surface area contributed by atoms with Gasteiger partial charge in [-0.05, 0) is 0 Å². The minimum atomic E-state index is 0. The summed E-state index contributed by atoms with van der Waals surface area (Å²) in [6, 6.07) is 0. The van der Waals surface area contributed by atoms with Gasteiger partial charge < -0.3 is 10.3 Å². The van der Waals surface area contributed by atoms with Crippen LogP contribution < -0.4 is 0 Å². The molecular weight excluding hydrogens is 333 g/mol. The summed E-state index contributed by atoms with van der Waals surface area (Å²) >= 11 is 0. The van der Waals surface area contributed by atoms with E-state index in [0.29, 0.717) is 6.61 Å². The number of hydrogen-bond acceptors (Lipinski definition) is 1. The Balaban J connectivity index is -0.0000000833. The molecule has 0 aromatic carbocycles. The third kappa shape index (κ3) is 8.81. The molecule has 0 spiro atoms. The van der Waals surface area contributed by atoms with Crippen LogP contribution in [0.5, 0.6) is 0 Å². The van der Waals surface area contributed by atoms with E-state index >= 15 is 0 Å². The molecule has 0 N–H and O–H groups in total. The van der Waals surface area contributed by atoms with E-state index in [0.717, 1.165) is 0 Å². The van der Waals surface area contributed by atoms with Crippen LogP contribution in [0.25, 0.3) is 5.48 Å². The molecule has 0 saturated heterocycles. The molecule has 1 heterocycles. The minimum Gasteiger partial charge on any atom is -0.568 e. The van der Waals surface area contributed by atoms with E-state index in [4.69, 9.17) is 0 Å². The van der Waals surface area contributed by atoms with E-state index in [1.165, 1.54) is 0 Å². The third-order valence-electron chi connectivity index (χ3n) is 0.412. The molecular formula is C3H4NOY3-. The van der Waals surface area contributed by atoms with Crippen molar-refractivity contribution in [1.82, 2.24) is 0 Å². The van der Waals surface area contributed by atoms with E-state index in [9.17, 15) is 0 Å². The van der Waals surface area contributed by atoms with Crippen molar-refractivity contribution in [2.45, 2.75) is 0 Å². The van der Waals surface area contributed by atoms with Gasteiger partial charge in [0.15, 0.2) is 0 Å². The first-order valence-electron chi connectivity index (χ1n) is 1.47. The Hall–Kier alpha value is 2.81. The fraction of sp³-hybridized carbons (Fsp3) is 0.333. The average molecular weight is 337 g/mol. The predicted octanol–water partition coefficient (Wildman–Crippen LogP) is 0.811. The second-order valence-electron chi connectivity index (χ2n) is 0.786. The first kappa shape index (κ1) is 17.1. The molecule has 1 aliphatic heterocycles. The Bertz CT molecular complexity index is 52.5. The fourth-order valence-electron chi connectivity index (χ4n) is 0.215. The molecule has 0 aromatic rings. The molecule has 0 saturated carbocycles. The topological polar surface area (TPSA) is 23.3 Å². The van der Waals surface area contributed by atoms with Crippen LogP contribution in [0.15, 0.2) is 12.3 Å². The summed E-state index contributed by atoms with van der Waals surface area (Å²) in [4.78, 5) is 4.46. The zero-order valence-corrected chi connectivity index (χ0v) is 13.0. The van der Waals surface area contributed by atoms with Gasteiger partial charge in [0.05, 0.1) is 0 Å². The first-order chi connectivity index (χ1) is 2.50. The summed E-state index contributed by atoms with van der Waals surface area (Å²) < 4.78 is 0. The Morgan fingerprint density at radius 1 is 1.25 bits per heavy atom. The van der Waals surface area contributed by atoms with Crippen LogP contribution in [-0.4, -0.2) is 6.61 Å². The molecule has 5 heteroatoms. The van der Waals surface area contributed by atoms with Gasteiger partial charge in [-0.2, -0.15) is 6.20 Å². The summed E-state index contributed by atoms with van der Waals surface area (Å²) in [5.74, 6) is 0. The summed E-state index contributed by atoms with van der Waals surface area (Å²) in [5, 5.41) is 0. The van der Waals surface area contributed by atoms with Crippen molar-refractivity contribution in [1.29, 1.82) is 0 Å². The standard InChI is InChI=1S/C3H4NO.3Y/c1-2-4-5-3-1;;;/h1-2H,3H2;;;/q-1;;;. The average Bonchev–Trinajstić information content (AvgIpc) is 1.76. The van der Waals surface area contributed by atoms with E-state index in [1.54, 1.807) is 6.20 Å². The van der Waals surface area contributed by atoms with Crippen LogP contribution >= 0.6 is 0 Å². The molecule has 0 fully saturated rings.